The number of carbonyl (C=O) groups excluding carboxylic acids is 4. The van der Waals surface area contributed by atoms with E-state index in [4.69, 9.17) is 9.47 Å². The van der Waals surface area contributed by atoms with Gasteiger partial charge in [0.2, 0.25) is 11.8 Å². The third-order valence-corrected chi connectivity index (χ3v) is 5.89. The van der Waals surface area contributed by atoms with Crippen molar-refractivity contribution in [2.24, 2.45) is 0 Å². The highest BCUT2D eigenvalue weighted by Crippen LogP contribution is 2.21. The van der Waals surface area contributed by atoms with Gasteiger partial charge in [-0.15, -0.1) is 0 Å². The van der Waals surface area contributed by atoms with Crippen molar-refractivity contribution in [3.8, 4) is 11.5 Å². The fourth-order valence-corrected chi connectivity index (χ4v) is 4.13. The number of β-amino-alcohol motifs (C(OH)–C–C–N with tert-alkyl or cyclic N) is 2. The fraction of sp³-hybridized carbons (Fsp3) is 0.444. The summed E-state index contributed by atoms with van der Waals surface area (Å²) in [5.74, 6) is 0.412. The zero-order valence-corrected chi connectivity index (χ0v) is 17.4. The van der Waals surface area contributed by atoms with Gasteiger partial charge < -0.3 is 19.7 Å². The highest BCUT2D eigenvalue weighted by molar-refractivity contribution is 8.15. The van der Waals surface area contributed by atoms with Gasteiger partial charge in [-0.2, -0.15) is 0 Å². The van der Waals surface area contributed by atoms with Gasteiger partial charge in [0.1, 0.15) is 36.9 Å². The van der Waals surface area contributed by atoms with Crippen molar-refractivity contribution in [1.29, 1.82) is 0 Å². The number of hydrogen-bond donors (Lipinski definition) is 2. The SMILES string of the molecule is O=C1CSC(=O)N1C[C@H](O)COc1ccc(OC[C@@H](O)CN2C(=O)CSC2=O)cc1. The number of amides is 4. The molecule has 0 bridgehead atoms. The van der Waals surface area contributed by atoms with E-state index in [0.717, 1.165) is 33.3 Å². The van der Waals surface area contributed by atoms with Crippen LogP contribution in [0, 0.1) is 0 Å². The molecular weight excluding hydrogens is 436 g/mol. The molecule has 2 saturated heterocycles. The molecule has 0 spiro atoms. The van der Waals surface area contributed by atoms with Crippen molar-refractivity contribution in [2.45, 2.75) is 12.2 Å². The maximum atomic E-state index is 11.5. The Kier molecular flexibility index (Phi) is 7.58. The van der Waals surface area contributed by atoms with Crippen LogP contribution in [0.2, 0.25) is 0 Å². The molecule has 3 rings (SSSR count). The first-order chi connectivity index (χ1) is 14.3. The van der Waals surface area contributed by atoms with Gasteiger partial charge in [-0.3, -0.25) is 29.0 Å². The lowest BCUT2D eigenvalue weighted by molar-refractivity contribution is -0.126. The molecule has 1 aromatic carbocycles. The lowest BCUT2D eigenvalue weighted by Gasteiger charge is -2.19. The second-order valence-electron chi connectivity index (χ2n) is 6.52. The Morgan fingerprint density at radius 3 is 1.43 bits per heavy atom. The van der Waals surface area contributed by atoms with E-state index in [1.54, 1.807) is 24.3 Å². The topological polar surface area (TPSA) is 134 Å². The minimum atomic E-state index is -1.02. The van der Waals surface area contributed by atoms with Gasteiger partial charge in [-0.25, -0.2) is 0 Å². The molecule has 0 saturated carbocycles. The number of carbonyl (C=O) groups is 4. The number of imide groups is 2. The molecule has 162 valence electrons. The summed E-state index contributed by atoms with van der Waals surface area (Å²) in [5, 5.41) is 19.2. The summed E-state index contributed by atoms with van der Waals surface area (Å²) >= 11 is 1.81. The average molecular weight is 456 g/mol. The van der Waals surface area contributed by atoms with Crippen molar-refractivity contribution in [2.75, 3.05) is 37.8 Å². The quantitative estimate of drug-likeness (QED) is 0.514. The Bertz CT molecular complexity index is 720. The lowest BCUT2D eigenvalue weighted by atomic mass is 10.3. The molecule has 2 aliphatic rings. The molecule has 10 nitrogen and oxygen atoms in total. The number of hydrogen-bond acceptors (Lipinski definition) is 10. The second kappa shape index (κ2) is 10.2. The summed E-state index contributed by atoms with van der Waals surface area (Å²) in [5.41, 5.74) is 0. The van der Waals surface area contributed by atoms with Crippen LogP contribution in [0.15, 0.2) is 24.3 Å². The van der Waals surface area contributed by atoms with Gasteiger partial charge in [-0.1, -0.05) is 23.5 Å². The molecule has 0 radical (unpaired) electrons. The number of aliphatic hydroxyl groups excluding tert-OH is 2. The Morgan fingerprint density at radius 2 is 1.13 bits per heavy atom. The molecular formula is C18H20N2O8S2. The van der Waals surface area contributed by atoms with E-state index in [9.17, 15) is 29.4 Å². The van der Waals surface area contributed by atoms with Crippen LogP contribution < -0.4 is 9.47 Å². The second-order valence-corrected chi connectivity index (χ2v) is 8.37. The van der Waals surface area contributed by atoms with Gasteiger partial charge in [0, 0.05) is 0 Å². The van der Waals surface area contributed by atoms with Crippen molar-refractivity contribution in [3.63, 3.8) is 0 Å². The van der Waals surface area contributed by atoms with E-state index >= 15 is 0 Å². The third kappa shape index (κ3) is 5.88. The lowest BCUT2D eigenvalue weighted by Crippen LogP contribution is -2.38. The van der Waals surface area contributed by atoms with Crippen LogP contribution in [-0.2, 0) is 9.59 Å². The molecule has 0 aliphatic carbocycles. The molecule has 30 heavy (non-hydrogen) atoms. The Hall–Kier alpha value is -2.28. The molecule has 0 unspecified atom stereocenters. The smallest absolute Gasteiger partial charge is 0.288 e. The van der Waals surface area contributed by atoms with Gasteiger partial charge in [0.25, 0.3) is 10.5 Å². The Balaban J connectivity index is 1.39. The van der Waals surface area contributed by atoms with E-state index in [-0.39, 0.29) is 60.1 Å². The first-order valence-corrected chi connectivity index (χ1v) is 11.0. The number of rotatable bonds is 10. The molecule has 12 heteroatoms. The summed E-state index contributed by atoms with van der Waals surface area (Å²) in [6.45, 7) is -0.443. The predicted octanol–water partition coefficient (Wildman–Crippen LogP) is 0.557. The third-order valence-electron chi connectivity index (χ3n) is 4.18. The summed E-state index contributed by atoms with van der Waals surface area (Å²) in [6.07, 6.45) is -2.03. The van der Waals surface area contributed by atoms with Crippen LogP contribution in [0.5, 0.6) is 11.5 Å². The van der Waals surface area contributed by atoms with Crippen LogP contribution in [0.25, 0.3) is 0 Å². The van der Waals surface area contributed by atoms with Crippen molar-refractivity contribution in [1.82, 2.24) is 9.80 Å². The van der Waals surface area contributed by atoms with Gasteiger partial charge in [-0.05, 0) is 24.3 Å². The molecule has 2 N–H and O–H groups in total. The molecule has 0 aromatic heterocycles. The van der Waals surface area contributed by atoms with Crippen LogP contribution in [0.4, 0.5) is 9.59 Å². The van der Waals surface area contributed by atoms with Gasteiger partial charge in [0.05, 0.1) is 24.6 Å². The van der Waals surface area contributed by atoms with Crippen LogP contribution >= 0.6 is 23.5 Å². The molecule has 2 fully saturated rings. The number of thioether (sulfide) groups is 2. The highest BCUT2D eigenvalue weighted by atomic mass is 32.2. The highest BCUT2D eigenvalue weighted by Gasteiger charge is 2.32. The minimum absolute atomic E-state index is 0.0895. The largest absolute Gasteiger partial charge is 0.491 e. The monoisotopic (exact) mass is 456 g/mol. The van der Waals surface area contributed by atoms with E-state index < -0.39 is 12.2 Å². The summed E-state index contributed by atoms with van der Waals surface area (Å²) in [4.78, 5) is 48.1. The standard InChI is InChI=1S/C18H20N2O8S2/c21-11(5-19-15(23)9-29-17(19)25)7-27-13-1-2-14(4-3-13)28-8-12(22)6-20-16(24)10-30-18(20)26/h1-4,11-12,21-22H,5-10H2/t11-,12-/m0/s1. The summed E-state index contributed by atoms with van der Waals surface area (Å²) < 4.78 is 10.9. The van der Waals surface area contributed by atoms with E-state index in [0.29, 0.717) is 11.5 Å². The van der Waals surface area contributed by atoms with E-state index in [1.807, 2.05) is 0 Å². The van der Waals surface area contributed by atoms with Crippen LogP contribution in [0.1, 0.15) is 0 Å². The molecule has 2 aliphatic heterocycles. The van der Waals surface area contributed by atoms with Crippen molar-refractivity contribution >= 4 is 45.8 Å². The van der Waals surface area contributed by atoms with Crippen molar-refractivity contribution in [3.05, 3.63) is 24.3 Å². The molecule has 2 atom stereocenters. The average Bonchev–Trinajstić information content (AvgIpc) is 3.21. The fourth-order valence-electron chi connectivity index (χ4n) is 2.66. The summed E-state index contributed by atoms with van der Waals surface area (Å²) in [7, 11) is 0. The number of ether oxygens (including phenoxy) is 2. The van der Waals surface area contributed by atoms with E-state index in [1.165, 1.54) is 0 Å². The molecule has 1 aromatic rings. The van der Waals surface area contributed by atoms with Gasteiger partial charge in [0.15, 0.2) is 0 Å². The van der Waals surface area contributed by atoms with Gasteiger partial charge >= 0.3 is 0 Å². The number of aliphatic hydroxyl groups is 2. The summed E-state index contributed by atoms with van der Waals surface area (Å²) in [6, 6.07) is 6.39. The zero-order valence-electron chi connectivity index (χ0n) is 15.8. The van der Waals surface area contributed by atoms with Crippen LogP contribution in [0.3, 0.4) is 0 Å². The Morgan fingerprint density at radius 1 is 0.767 bits per heavy atom. The maximum absolute atomic E-state index is 11.5. The first kappa shape index (κ1) is 22.4. The normalized spacial score (nSPS) is 18.9. The maximum Gasteiger partial charge on any atom is 0.288 e. The minimum Gasteiger partial charge on any atom is -0.491 e. The number of benzene rings is 1. The van der Waals surface area contributed by atoms with Crippen molar-refractivity contribution < 1.29 is 38.9 Å². The molecule has 4 amide bonds. The zero-order chi connectivity index (χ0) is 21.7. The molecule has 2 heterocycles. The number of nitrogens with zero attached hydrogens (tertiary/aromatic N) is 2. The first-order valence-electron chi connectivity index (χ1n) is 8.99. The van der Waals surface area contributed by atoms with E-state index in [2.05, 4.69) is 0 Å². The predicted molar refractivity (Wildman–Crippen MR) is 109 cm³/mol. The Labute approximate surface area is 180 Å². The van der Waals surface area contributed by atoms with Crippen LogP contribution in [-0.4, -0.2) is 92.3 Å².